The van der Waals surface area contributed by atoms with E-state index in [-0.39, 0.29) is 68.7 Å². The molecular weight excluding hydrogens is 559 g/mol. The number of carbonyl (C=O) groups is 1. The number of ether oxygens (including phenoxy) is 1. The van der Waals surface area contributed by atoms with E-state index in [9.17, 15) is 9.59 Å². The minimum absolute atomic E-state index is 0. The molecule has 0 aliphatic rings. The fourth-order valence-electron chi connectivity index (χ4n) is 4.36. The fourth-order valence-corrected chi connectivity index (χ4v) is 4.59. The molecule has 0 aliphatic carbocycles. The molecule has 3 aromatic carbocycles. The van der Waals surface area contributed by atoms with Crippen LogP contribution in [-0.4, -0.2) is 20.7 Å². The third kappa shape index (κ3) is 5.73. The summed E-state index contributed by atoms with van der Waals surface area (Å²) in [5.74, 6) is -0.176. The van der Waals surface area contributed by atoms with Crippen LogP contribution < -0.4 is 62.1 Å². The molecule has 3 heterocycles. The van der Waals surface area contributed by atoms with Crippen LogP contribution in [0.4, 0.5) is 0 Å². The van der Waals surface area contributed by atoms with Crippen LogP contribution in [0.1, 0.15) is 27.4 Å². The Morgan fingerprint density at radius 2 is 1.80 bits per heavy atom. The first-order valence-corrected chi connectivity index (χ1v) is 12.3. The van der Waals surface area contributed by atoms with Gasteiger partial charge in [0.25, 0.3) is 0 Å². The maximum atomic E-state index is 13.0. The first-order valence-electron chi connectivity index (χ1n) is 11.9. The summed E-state index contributed by atoms with van der Waals surface area (Å²) in [7, 11) is 0. The fraction of sp³-hybridized carbons (Fsp3) is 0.107. The van der Waals surface area contributed by atoms with Gasteiger partial charge in [-0.15, -0.1) is 0 Å². The average Bonchev–Trinajstić information content (AvgIpc) is 3.65. The molecule has 0 bridgehead atoms. The minimum atomic E-state index is -0.733. The number of para-hydroxylation sites is 1. The second-order valence-electron chi connectivity index (χ2n) is 8.68. The molecule has 0 radical (unpaired) electrons. The zero-order chi connectivity index (χ0) is 26.9. The number of hydrogen-bond acceptors (Lipinski definition) is 9. The predicted octanol–water partition coefficient (Wildman–Crippen LogP) is 2.31. The molecule has 40 heavy (non-hydrogen) atoms. The smallest absolute Gasteiger partial charge is 0.454 e. The number of hydrogen-bond donors (Lipinski definition) is 0. The van der Waals surface area contributed by atoms with Gasteiger partial charge in [0.05, 0.1) is 22.9 Å². The topological polar surface area (TPSA) is 128 Å². The largest absolute Gasteiger partial charge is 1.00 e. The monoisotopic (exact) mass is 578 g/mol. The zero-order valence-electron chi connectivity index (χ0n) is 21.5. The van der Waals surface area contributed by atoms with Gasteiger partial charge in [0.1, 0.15) is 5.76 Å². The number of benzene rings is 3. The predicted molar refractivity (Wildman–Crippen MR) is 141 cm³/mol. The molecule has 0 spiro atoms. The van der Waals surface area contributed by atoms with Crippen LogP contribution in [0.15, 0.2) is 91.2 Å². The van der Waals surface area contributed by atoms with Crippen molar-refractivity contribution in [3.8, 4) is 22.5 Å². The number of nitrogens with zero attached hydrogens (tertiary/aromatic N) is 4. The Hall–Kier alpha value is -3.39. The Kier molecular flexibility index (Phi) is 8.45. The van der Waals surface area contributed by atoms with Gasteiger partial charge in [-0.1, -0.05) is 54.6 Å². The van der Waals surface area contributed by atoms with Crippen molar-refractivity contribution in [2.45, 2.75) is 20.1 Å². The van der Waals surface area contributed by atoms with Crippen molar-refractivity contribution in [1.29, 1.82) is 0 Å². The quantitative estimate of drug-likeness (QED) is 0.158. The van der Waals surface area contributed by atoms with E-state index in [1.54, 1.807) is 25.4 Å². The van der Waals surface area contributed by atoms with Crippen LogP contribution >= 0.6 is 12.2 Å². The van der Waals surface area contributed by atoms with Gasteiger partial charge < -0.3 is 27.6 Å². The van der Waals surface area contributed by atoms with E-state index in [0.29, 0.717) is 40.2 Å². The Balaban J connectivity index is 0.00000323. The van der Waals surface area contributed by atoms with E-state index in [2.05, 4.69) is 19.6 Å². The number of esters is 1. The van der Waals surface area contributed by atoms with E-state index in [4.69, 9.17) is 25.8 Å². The molecule has 3 aromatic heterocycles. The van der Waals surface area contributed by atoms with Crippen LogP contribution in [0.3, 0.4) is 0 Å². The summed E-state index contributed by atoms with van der Waals surface area (Å²) in [6, 6.07) is 20.8. The van der Waals surface area contributed by atoms with E-state index in [1.807, 2.05) is 59.2 Å². The van der Waals surface area contributed by atoms with Crippen molar-refractivity contribution in [3.63, 3.8) is 0 Å². The zero-order valence-corrected chi connectivity index (χ0v) is 25.4. The minimum Gasteiger partial charge on any atom is -0.454 e. The van der Waals surface area contributed by atoms with E-state index in [0.717, 1.165) is 16.7 Å². The summed E-state index contributed by atoms with van der Waals surface area (Å²) in [5.41, 5.74) is 5.19. The molecule has 0 saturated heterocycles. The number of aryl methyl sites for hydroxylation is 1. The second kappa shape index (κ2) is 12.0. The SMILES string of the molecule is Cc1oc(=S)oc1COC(=O)c1cccc2ncn(Cc3ccc(-c4ccccc4-c4noc(=O)[n-]4)cc3)c12.[K+]. The van der Waals surface area contributed by atoms with Gasteiger partial charge in [-0.3, -0.25) is 5.16 Å². The van der Waals surface area contributed by atoms with Crippen LogP contribution in [0, 0.1) is 11.8 Å². The van der Waals surface area contributed by atoms with E-state index < -0.39 is 11.7 Å². The number of rotatable bonds is 7. The third-order valence-corrected chi connectivity index (χ3v) is 6.39. The number of carbonyl (C=O) groups excluding carboxylic acids is 1. The van der Waals surface area contributed by atoms with Gasteiger partial charge in [-0.2, -0.15) is 0 Å². The van der Waals surface area contributed by atoms with Crippen LogP contribution in [0.2, 0.25) is 0 Å². The van der Waals surface area contributed by atoms with Gasteiger partial charge in [0, 0.05) is 18.8 Å². The second-order valence-corrected chi connectivity index (χ2v) is 9.02. The van der Waals surface area contributed by atoms with Crippen LogP contribution in [0.5, 0.6) is 0 Å². The normalized spacial score (nSPS) is 10.9. The average molecular weight is 579 g/mol. The van der Waals surface area contributed by atoms with Crippen molar-refractivity contribution in [2.24, 2.45) is 0 Å². The van der Waals surface area contributed by atoms with Gasteiger partial charge in [0.15, 0.2) is 12.4 Å². The first-order chi connectivity index (χ1) is 19.0. The Morgan fingerprint density at radius 3 is 2.50 bits per heavy atom. The third-order valence-electron chi connectivity index (χ3n) is 6.22. The number of aromatic nitrogens is 4. The van der Waals surface area contributed by atoms with E-state index in [1.165, 1.54) is 0 Å². The van der Waals surface area contributed by atoms with Gasteiger partial charge in [0.2, 0.25) is 0 Å². The van der Waals surface area contributed by atoms with Crippen molar-refractivity contribution >= 4 is 29.2 Å². The van der Waals surface area contributed by atoms with E-state index >= 15 is 0 Å². The van der Waals surface area contributed by atoms with Crippen LogP contribution in [-0.2, 0) is 17.9 Å². The molecular formula is C28H19KN4O6S. The molecule has 0 unspecified atom stereocenters. The summed E-state index contributed by atoms with van der Waals surface area (Å²) >= 11 is 4.88. The summed E-state index contributed by atoms with van der Waals surface area (Å²) in [4.78, 5) is 32.7. The summed E-state index contributed by atoms with van der Waals surface area (Å²) in [5, 5.41) is 3.77. The van der Waals surface area contributed by atoms with Crippen LogP contribution in [0.25, 0.3) is 33.5 Å². The molecule has 6 aromatic rings. The molecule has 194 valence electrons. The van der Waals surface area contributed by atoms with Crippen molar-refractivity contribution in [1.82, 2.24) is 19.7 Å². The van der Waals surface area contributed by atoms with Crippen molar-refractivity contribution < 1.29 is 74.3 Å². The van der Waals surface area contributed by atoms with Gasteiger partial charge >= 0.3 is 68.0 Å². The molecule has 6 rings (SSSR count). The molecule has 10 nitrogen and oxygen atoms in total. The molecule has 0 aliphatic heterocycles. The number of fused-ring (bicyclic) bond motifs is 1. The molecule has 0 atom stereocenters. The Morgan fingerprint density at radius 1 is 1.02 bits per heavy atom. The summed E-state index contributed by atoms with van der Waals surface area (Å²) in [6.45, 7) is 2.07. The maximum absolute atomic E-state index is 13.0. The molecule has 0 fully saturated rings. The molecule has 0 N–H and O–H groups in total. The summed E-state index contributed by atoms with van der Waals surface area (Å²) < 4.78 is 22.5. The first kappa shape index (κ1) is 28.1. The summed E-state index contributed by atoms with van der Waals surface area (Å²) in [6.07, 6.45) is 1.69. The Bertz CT molecular complexity index is 1930. The molecule has 0 saturated carbocycles. The van der Waals surface area contributed by atoms with Gasteiger partial charge in [-0.05, 0) is 47.1 Å². The number of imidazole rings is 1. The Labute approximate surface area is 274 Å². The van der Waals surface area contributed by atoms with Crippen molar-refractivity contribution in [2.75, 3.05) is 0 Å². The molecule has 0 amide bonds. The maximum Gasteiger partial charge on any atom is 1.00 e. The standard InChI is InChI=1S/C28H20N4O6S.K/c1-16-23(37-28(39)36-16)14-35-26(33)21-7-4-8-22-24(21)32(15-29-22)13-17-9-11-18(12-10-17)19-5-2-3-6-20(19)25-30-27(34)38-31-25;/h2-12,15H,13-14H2,1H3,(H,30,31,34);/q;+1/p-1. The van der Waals surface area contributed by atoms with Gasteiger partial charge in [-0.25, -0.2) is 14.6 Å². The molecule has 12 heteroatoms. The van der Waals surface area contributed by atoms with Crippen molar-refractivity contribution in [3.05, 3.63) is 111 Å².